The van der Waals surface area contributed by atoms with Crippen molar-refractivity contribution in [1.82, 2.24) is 10.2 Å². The predicted octanol–water partition coefficient (Wildman–Crippen LogP) is 0.357. The molecule has 0 atom stereocenters. The molecule has 1 aromatic rings. The van der Waals surface area contributed by atoms with Gasteiger partial charge in [0.2, 0.25) is 5.89 Å². The van der Waals surface area contributed by atoms with Crippen LogP contribution in [0, 0.1) is 6.92 Å². The Labute approximate surface area is 75.7 Å². The maximum atomic E-state index is 5.48. The summed E-state index contributed by atoms with van der Waals surface area (Å²) in [7, 11) is 0. The molecule has 0 saturated carbocycles. The fourth-order valence-electron chi connectivity index (χ4n) is 1.84. The lowest BCUT2D eigenvalue weighted by Crippen LogP contribution is -2.68. The fraction of sp³-hybridized carbons (Fsp3) is 0.750. The monoisotopic (exact) mass is 181 g/mol. The SMILES string of the molecule is Cc1nnc(N2CC3(CCO3)C2)o1. The van der Waals surface area contributed by atoms with E-state index in [9.17, 15) is 0 Å². The van der Waals surface area contributed by atoms with E-state index in [0.29, 0.717) is 11.9 Å². The first-order valence-electron chi connectivity index (χ1n) is 4.46. The minimum Gasteiger partial charge on any atom is -0.408 e. The molecule has 3 heterocycles. The summed E-state index contributed by atoms with van der Waals surface area (Å²) in [5, 5.41) is 7.73. The highest BCUT2D eigenvalue weighted by molar-refractivity contribution is 5.34. The van der Waals surface area contributed by atoms with E-state index >= 15 is 0 Å². The number of anilines is 1. The molecule has 0 N–H and O–H groups in total. The third-order valence-corrected chi connectivity index (χ3v) is 2.71. The number of aryl methyl sites for hydroxylation is 1. The van der Waals surface area contributed by atoms with Crippen molar-refractivity contribution in [3.05, 3.63) is 5.89 Å². The first-order valence-corrected chi connectivity index (χ1v) is 4.46. The number of hydrogen-bond acceptors (Lipinski definition) is 5. The van der Waals surface area contributed by atoms with Gasteiger partial charge in [-0.2, -0.15) is 0 Å². The van der Waals surface area contributed by atoms with Crippen LogP contribution in [-0.2, 0) is 4.74 Å². The van der Waals surface area contributed by atoms with Crippen molar-refractivity contribution in [3.8, 4) is 0 Å². The van der Waals surface area contributed by atoms with E-state index < -0.39 is 0 Å². The highest BCUT2D eigenvalue weighted by Gasteiger charge is 2.50. The highest BCUT2D eigenvalue weighted by atomic mass is 16.5. The van der Waals surface area contributed by atoms with E-state index in [0.717, 1.165) is 26.1 Å². The van der Waals surface area contributed by atoms with Crippen LogP contribution in [0.15, 0.2) is 4.42 Å². The van der Waals surface area contributed by atoms with E-state index in [-0.39, 0.29) is 5.60 Å². The van der Waals surface area contributed by atoms with Crippen LogP contribution in [0.4, 0.5) is 6.01 Å². The summed E-state index contributed by atoms with van der Waals surface area (Å²) >= 11 is 0. The average Bonchev–Trinajstić information content (AvgIpc) is 2.29. The summed E-state index contributed by atoms with van der Waals surface area (Å²) in [4.78, 5) is 2.05. The molecule has 2 fully saturated rings. The molecule has 13 heavy (non-hydrogen) atoms. The Kier molecular flexibility index (Phi) is 1.25. The first kappa shape index (κ1) is 7.32. The van der Waals surface area contributed by atoms with E-state index in [1.165, 1.54) is 0 Å². The van der Waals surface area contributed by atoms with Crippen LogP contribution in [0.5, 0.6) is 0 Å². The molecule has 0 bridgehead atoms. The molecule has 0 aliphatic carbocycles. The summed E-state index contributed by atoms with van der Waals surface area (Å²) in [6.07, 6.45) is 1.16. The van der Waals surface area contributed by atoms with Crippen molar-refractivity contribution in [2.24, 2.45) is 0 Å². The van der Waals surface area contributed by atoms with E-state index in [2.05, 4.69) is 15.1 Å². The van der Waals surface area contributed by atoms with Crippen molar-refractivity contribution >= 4 is 6.01 Å². The van der Waals surface area contributed by atoms with Gasteiger partial charge in [-0.05, 0) is 0 Å². The Hall–Kier alpha value is -1.10. The Morgan fingerprint density at radius 1 is 1.38 bits per heavy atom. The van der Waals surface area contributed by atoms with Crippen LogP contribution in [0.1, 0.15) is 12.3 Å². The zero-order valence-electron chi connectivity index (χ0n) is 7.49. The van der Waals surface area contributed by atoms with Gasteiger partial charge >= 0.3 is 6.01 Å². The van der Waals surface area contributed by atoms with Crippen molar-refractivity contribution in [3.63, 3.8) is 0 Å². The molecule has 2 aliphatic rings. The number of rotatable bonds is 1. The second kappa shape index (κ2) is 2.23. The minimum absolute atomic E-state index is 0.127. The molecule has 1 aromatic heterocycles. The van der Waals surface area contributed by atoms with Gasteiger partial charge in [0.25, 0.3) is 0 Å². The Balaban J connectivity index is 1.70. The van der Waals surface area contributed by atoms with Gasteiger partial charge in [-0.25, -0.2) is 0 Å². The Bertz CT molecular complexity index is 324. The molecule has 70 valence electrons. The van der Waals surface area contributed by atoms with Crippen molar-refractivity contribution in [1.29, 1.82) is 0 Å². The topological polar surface area (TPSA) is 51.4 Å². The van der Waals surface area contributed by atoms with Gasteiger partial charge in [0.05, 0.1) is 19.7 Å². The van der Waals surface area contributed by atoms with Gasteiger partial charge in [-0.1, -0.05) is 5.10 Å². The zero-order valence-corrected chi connectivity index (χ0v) is 7.49. The maximum Gasteiger partial charge on any atom is 0.318 e. The molecule has 0 unspecified atom stereocenters. The van der Waals surface area contributed by atoms with Gasteiger partial charge in [-0.3, -0.25) is 0 Å². The molecule has 5 heteroatoms. The maximum absolute atomic E-state index is 5.48. The predicted molar refractivity (Wildman–Crippen MR) is 44.5 cm³/mol. The third-order valence-electron chi connectivity index (χ3n) is 2.71. The fourth-order valence-corrected chi connectivity index (χ4v) is 1.84. The van der Waals surface area contributed by atoms with E-state index in [1.807, 2.05) is 0 Å². The van der Waals surface area contributed by atoms with Crippen LogP contribution in [0.3, 0.4) is 0 Å². The average molecular weight is 181 g/mol. The molecule has 3 rings (SSSR count). The lowest BCUT2D eigenvalue weighted by molar-refractivity contribution is -0.162. The standard InChI is InChI=1S/C8H11N3O2/c1-6-9-10-7(13-6)11-4-8(5-11)2-3-12-8/h2-5H2,1H3. The second-order valence-corrected chi connectivity index (χ2v) is 3.74. The van der Waals surface area contributed by atoms with Crippen molar-refractivity contribution in [2.45, 2.75) is 18.9 Å². The molecular weight excluding hydrogens is 170 g/mol. The van der Waals surface area contributed by atoms with Crippen LogP contribution < -0.4 is 4.90 Å². The lowest BCUT2D eigenvalue weighted by Gasteiger charge is -2.54. The van der Waals surface area contributed by atoms with Crippen LogP contribution in [-0.4, -0.2) is 35.5 Å². The van der Waals surface area contributed by atoms with Gasteiger partial charge in [0, 0.05) is 13.3 Å². The van der Waals surface area contributed by atoms with Crippen molar-refractivity contribution in [2.75, 3.05) is 24.6 Å². The smallest absolute Gasteiger partial charge is 0.318 e. The number of ether oxygens (including phenoxy) is 1. The van der Waals surface area contributed by atoms with Crippen LogP contribution >= 0.6 is 0 Å². The summed E-state index contributed by atoms with van der Waals surface area (Å²) in [5.74, 6) is 0.616. The largest absolute Gasteiger partial charge is 0.408 e. The Morgan fingerprint density at radius 2 is 2.15 bits per heavy atom. The summed E-state index contributed by atoms with van der Waals surface area (Å²) in [5.41, 5.74) is 0.127. The van der Waals surface area contributed by atoms with E-state index in [1.54, 1.807) is 6.92 Å². The van der Waals surface area contributed by atoms with Crippen molar-refractivity contribution < 1.29 is 9.15 Å². The van der Waals surface area contributed by atoms with Gasteiger partial charge in [0.15, 0.2) is 0 Å². The number of nitrogens with zero attached hydrogens (tertiary/aromatic N) is 3. The second-order valence-electron chi connectivity index (χ2n) is 3.74. The number of aromatic nitrogens is 2. The minimum atomic E-state index is 0.127. The molecule has 0 amide bonds. The van der Waals surface area contributed by atoms with Gasteiger partial charge in [-0.15, -0.1) is 5.10 Å². The summed E-state index contributed by atoms with van der Waals surface area (Å²) in [6.45, 7) is 4.49. The molecule has 2 aliphatic heterocycles. The lowest BCUT2D eigenvalue weighted by atomic mass is 9.87. The molecular formula is C8H11N3O2. The molecule has 0 radical (unpaired) electrons. The van der Waals surface area contributed by atoms with Crippen LogP contribution in [0.2, 0.25) is 0 Å². The normalized spacial score (nSPS) is 24.2. The van der Waals surface area contributed by atoms with Crippen LogP contribution in [0.25, 0.3) is 0 Å². The molecule has 5 nitrogen and oxygen atoms in total. The highest BCUT2D eigenvalue weighted by Crippen LogP contribution is 2.37. The third kappa shape index (κ3) is 0.966. The summed E-state index contributed by atoms with van der Waals surface area (Å²) in [6, 6.07) is 0.624. The van der Waals surface area contributed by atoms with Gasteiger partial charge in [0.1, 0.15) is 5.60 Å². The Morgan fingerprint density at radius 3 is 2.62 bits per heavy atom. The first-order chi connectivity index (χ1) is 6.27. The number of hydrogen-bond donors (Lipinski definition) is 0. The molecule has 1 spiro atoms. The van der Waals surface area contributed by atoms with E-state index in [4.69, 9.17) is 9.15 Å². The zero-order chi connectivity index (χ0) is 8.89. The molecule has 2 saturated heterocycles. The quantitative estimate of drug-likeness (QED) is 0.626. The summed E-state index contributed by atoms with van der Waals surface area (Å²) < 4.78 is 10.8. The molecule has 0 aromatic carbocycles. The van der Waals surface area contributed by atoms with Gasteiger partial charge < -0.3 is 14.1 Å².